The van der Waals surface area contributed by atoms with Crippen LogP contribution in [-0.4, -0.2) is 23.3 Å². The highest BCUT2D eigenvalue weighted by molar-refractivity contribution is 8.00. The van der Waals surface area contributed by atoms with Gasteiger partial charge in [-0.15, -0.1) is 11.8 Å². The van der Waals surface area contributed by atoms with Crippen molar-refractivity contribution in [1.82, 2.24) is 0 Å². The van der Waals surface area contributed by atoms with Gasteiger partial charge in [-0.1, -0.05) is 65.8 Å². The van der Waals surface area contributed by atoms with Gasteiger partial charge in [0.1, 0.15) is 0 Å². The van der Waals surface area contributed by atoms with E-state index in [-0.39, 0.29) is 34.2 Å². The van der Waals surface area contributed by atoms with Gasteiger partial charge >= 0.3 is 0 Å². The van der Waals surface area contributed by atoms with Crippen LogP contribution in [-0.2, 0) is 20.4 Å². The topological polar surface area (TPSA) is 58.2 Å². The van der Waals surface area contributed by atoms with E-state index in [2.05, 4.69) is 52.2 Å². The SMILES string of the molecule is CC(C)(C)c1ccc(NC(=O)CSCC(=O)Nc2ccc(C(C)(C)C)cc2)cc1. The standard InChI is InChI=1S/C24H32N2O2S/c1-23(2,3)17-7-11-19(12-8-17)25-21(27)15-29-16-22(28)26-20-13-9-18(10-14-20)24(4,5)6/h7-14H,15-16H2,1-6H3,(H,25,27)(H,26,28). The third kappa shape index (κ3) is 7.58. The average Bonchev–Trinajstić information content (AvgIpc) is 2.61. The second kappa shape index (κ2) is 9.49. The predicted octanol–water partition coefficient (Wildman–Crippen LogP) is 5.59. The maximum Gasteiger partial charge on any atom is 0.234 e. The highest BCUT2D eigenvalue weighted by Crippen LogP contribution is 2.24. The van der Waals surface area contributed by atoms with Crippen LogP contribution >= 0.6 is 11.8 Å². The minimum Gasteiger partial charge on any atom is -0.325 e. The van der Waals surface area contributed by atoms with E-state index in [1.54, 1.807) is 0 Å². The molecular formula is C24H32N2O2S. The summed E-state index contributed by atoms with van der Waals surface area (Å²) in [7, 11) is 0. The third-order valence-corrected chi connectivity index (χ3v) is 5.47. The Bertz CT molecular complexity index is 758. The van der Waals surface area contributed by atoms with Crippen molar-refractivity contribution in [1.29, 1.82) is 0 Å². The summed E-state index contributed by atoms with van der Waals surface area (Å²) in [5.41, 5.74) is 4.14. The highest BCUT2D eigenvalue weighted by Gasteiger charge is 2.14. The Morgan fingerprint density at radius 1 is 0.655 bits per heavy atom. The molecule has 2 N–H and O–H groups in total. The molecule has 2 aromatic carbocycles. The van der Waals surface area contributed by atoms with Gasteiger partial charge in [0.25, 0.3) is 0 Å². The summed E-state index contributed by atoms with van der Waals surface area (Å²) in [6.07, 6.45) is 0. The maximum atomic E-state index is 12.1. The summed E-state index contributed by atoms with van der Waals surface area (Å²) in [5, 5.41) is 5.75. The second-order valence-corrected chi connectivity index (χ2v) is 10.2. The van der Waals surface area contributed by atoms with Crippen molar-refractivity contribution in [3.05, 3.63) is 59.7 Å². The van der Waals surface area contributed by atoms with E-state index < -0.39 is 0 Å². The molecule has 0 bridgehead atoms. The van der Waals surface area contributed by atoms with Crippen molar-refractivity contribution in [3.8, 4) is 0 Å². The van der Waals surface area contributed by atoms with Crippen LogP contribution in [0.2, 0.25) is 0 Å². The molecule has 5 heteroatoms. The quantitative estimate of drug-likeness (QED) is 0.650. The lowest BCUT2D eigenvalue weighted by Gasteiger charge is -2.19. The minimum absolute atomic E-state index is 0.0822. The van der Waals surface area contributed by atoms with Gasteiger partial charge in [-0.05, 0) is 46.2 Å². The van der Waals surface area contributed by atoms with Crippen molar-refractivity contribution >= 4 is 35.0 Å². The van der Waals surface area contributed by atoms with Gasteiger partial charge in [0.15, 0.2) is 0 Å². The van der Waals surface area contributed by atoms with Crippen molar-refractivity contribution in [3.63, 3.8) is 0 Å². The van der Waals surface area contributed by atoms with Gasteiger partial charge < -0.3 is 10.6 Å². The molecule has 4 nitrogen and oxygen atoms in total. The molecule has 0 saturated heterocycles. The molecule has 29 heavy (non-hydrogen) atoms. The van der Waals surface area contributed by atoms with Crippen LogP contribution in [0.25, 0.3) is 0 Å². The summed E-state index contributed by atoms with van der Waals surface area (Å²) in [4.78, 5) is 24.2. The molecule has 0 heterocycles. The summed E-state index contributed by atoms with van der Waals surface area (Å²) >= 11 is 1.30. The molecule has 0 radical (unpaired) electrons. The van der Waals surface area contributed by atoms with Gasteiger partial charge in [0.2, 0.25) is 11.8 Å². The fourth-order valence-corrected chi connectivity index (χ4v) is 3.35. The zero-order chi connectivity index (χ0) is 21.7. The highest BCUT2D eigenvalue weighted by atomic mass is 32.2. The van der Waals surface area contributed by atoms with E-state index in [0.29, 0.717) is 0 Å². The molecule has 2 rings (SSSR count). The molecule has 0 aliphatic heterocycles. The van der Waals surface area contributed by atoms with Crippen molar-refractivity contribution in [2.45, 2.75) is 52.4 Å². The molecular weight excluding hydrogens is 380 g/mol. The number of anilines is 2. The van der Waals surface area contributed by atoms with E-state index in [4.69, 9.17) is 0 Å². The molecule has 0 aliphatic carbocycles. The Morgan fingerprint density at radius 2 is 0.966 bits per heavy atom. The summed E-state index contributed by atoms with van der Waals surface area (Å²) in [5.74, 6) is 0.246. The first-order chi connectivity index (χ1) is 13.4. The average molecular weight is 413 g/mol. The van der Waals surface area contributed by atoms with Crippen LogP contribution in [0.3, 0.4) is 0 Å². The third-order valence-electron chi connectivity index (χ3n) is 4.54. The maximum absolute atomic E-state index is 12.1. The van der Waals surface area contributed by atoms with Gasteiger partial charge in [-0.25, -0.2) is 0 Å². The van der Waals surface area contributed by atoms with Crippen LogP contribution in [0.1, 0.15) is 52.7 Å². The number of benzene rings is 2. The zero-order valence-electron chi connectivity index (χ0n) is 18.3. The Hall–Kier alpha value is -2.27. The largest absolute Gasteiger partial charge is 0.325 e. The van der Waals surface area contributed by atoms with Crippen LogP contribution in [0.4, 0.5) is 11.4 Å². The van der Waals surface area contributed by atoms with E-state index in [1.807, 2.05) is 48.5 Å². The molecule has 156 valence electrons. The lowest BCUT2D eigenvalue weighted by atomic mass is 9.87. The Labute approximate surface area is 178 Å². The van der Waals surface area contributed by atoms with Crippen molar-refractivity contribution in [2.24, 2.45) is 0 Å². The van der Waals surface area contributed by atoms with Gasteiger partial charge in [0, 0.05) is 11.4 Å². The van der Waals surface area contributed by atoms with Gasteiger partial charge in [-0.3, -0.25) is 9.59 Å². The number of hydrogen-bond acceptors (Lipinski definition) is 3. The normalized spacial score (nSPS) is 11.8. The molecule has 2 amide bonds. The number of nitrogens with one attached hydrogen (secondary N) is 2. The fourth-order valence-electron chi connectivity index (χ4n) is 2.74. The van der Waals surface area contributed by atoms with Crippen LogP contribution in [0, 0.1) is 0 Å². The molecule has 0 atom stereocenters. The lowest BCUT2D eigenvalue weighted by Crippen LogP contribution is -2.19. The minimum atomic E-state index is -0.110. The van der Waals surface area contributed by atoms with E-state index in [0.717, 1.165) is 11.4 Å². The number of carbonyl (C=O) groups excluding carboxylic acids is 2. The molecule has 0 spiro atoms. The first-order valence-electron chi connectivity index (χ1n) is 9.84. The van der Waals surface area contributed by atoms with E-state index in [1.165, 1.54) is 22.9 Å². The van der Waals surface area contributed by atoms with Crippen LogP contribution in [0.15, 0.2) is 48.5 Å². The smallest absolute Gasteiger partial charge is 0.234 e. The Morgan fingerprint density at radius 3 is 1.24 bits per heavy atom. The zero-order valence-corrected chi connectivity index (χ0v) is 19.1. The van der Waals surface area contributed by atoms with Crippen LogP contribution < -0.4 is 10.6 Å². The number of rotatable bonds is 6. The molecule has 0 aliphatic rings. The van der Waals surface area contributed by atoms with Crippen molar-refractivity contribution < 1.29 is 9.59 Å². The van der Waals surface area contributed by atoms with E-state index in [9.17, 15) is 9.59 Å². The van der Waals surface area contributed by atoms with Gasteiger partial charge in [0.05, 0.1) is 11.5 Å². The molecule has 0 unspecified atom stereocenters. The summed E-state index contributed by atoms with van der Waals surface area (Å²) in [6, 6.07) is 15.8. The van der Waals surface area contributed by atoms with E-state index >= 15 is 0 Å². The molecule has 0 aromatic heterocycles. The monoisotopic (exact) mass is 412 g/mol. The number of thioether (sulfide) groups is 1. The number of amides is 2. The lowest BCUT2D eigenvalue weighted by molar-refractivity contribution is -0.114. The summed E-state index contributed by atoms with van der Waals surface area (Å²) in [6.45, 7) is 12.9. The molecule has 0 fully saturated rings. The first kappa shape index (κ1) is 23.0. The van der Waals surface area contributed by atoms with Crippen LogP contribution in [0.5, 0.6) is 0 Å². The second-order valence-electron chi connectivity index (χ2n) is 9.24. The van der Waals surface area contributed by atoms with Crippen molar-refractivity contribution in [2.75, 3.05) is 22.1 Å². The molecule has 2 aromatic rings. The Kier molecular flexibility index (Phi) is 7.53. The number of hydrogen-bond donors (Lipinski definition) is 2. The Balaban J connectivity index is 1.75. The molecule has 0 saturated carbocycles. The fraction of sp³-hybridized carbons (Fsp3) is 0.417. The van der Waals surface area contributed by atoms with Gasteiger partial charge in [-0.2, -0.15) is 0 Å². The number of carbonyl (C=O) groups is 2. The first-order valence-corrected chi connectivity index (χ1v) is 11.0. The predicted molar refractivity (Wildman–Crippen MR) is 125 cm³/mol. The summed E-state index contributed by atoms with van der Waals surface area (Å²) < 4.78 is 0.